The predicted octanol–water partition coefficient (Wildman–Crippen LogP) is 4.24. The monoisotopic (exact) mass is 376 g/mol. The summed E-state index contributed by atoms with van der Waals surface area (Å²) in [5, 5.41) is 21.4. The third-order valence-corrected chi connectivity index (χ3v) is 5.69. The fourth-order valence-corrected chi connectivity index (χ4v) is 4.12. The number of hydrogen-bond acceptors (Lipinski definition) is 8. The van der Waals surface area contributed by atoms with E-state index in [1.807, 2.05) is 0 Å². The number of azo groups is 1. The molecule has 138 valence electrons. The van der Waals surface area contributed by atoms with Crippen molar-refractivity contribution >= 4 is 21.3 Å². The zero-order chi connectivity index (χ0) is 18.7. The molecule has 0 bridgehead atoms. The predicted molar refractivity (Wildman–Crippen MR) is 95.9 cm³/mol. The maximum absolute atomic E-state index is 12.9. The second kappa shape index (κ2) is 7.28. The Morgan fingerprint density at radius 3 is 2.69 bits per heavy atom. The van der Waals surface area contributed by atoms with E-state index in [0.717, 1.165) is 19.3 Å². The fourth-order valence-electron chi connectivity index (χ4n) is 2.70. The van der Waals surface area contributed by atoms with Gasteiger partial charge in [-0.1, -0.05) is 37.1 Å². The van der Waals surface area contributed by atoms with E-state index < -0.39 is 20.7 Å². The van der Waals surface area contributed by atoms with E-state index in [1.54, 1.807) is 30.0 Å². The van der Waals surface area contributed by atoms with E-state index in [-0.39, 0.29) is 10.7 Å². The number of para-hydroxylation sites is 1. The zero-order valence-electron chi connectivity index (χ0n) is 14.6. The van der Waals surface area contributed by atoms with Crippen LogP contribution in [-0.2, 0) is 9.84 Å². The minimum Gasteiger partial charge on any atom is -0.492 e. The maximum Gasteiger partial charge on any atom is 0.242 e. The van der Waals surface area contributed by atoms with E-state index >= 15 is 0 Å². The summed E-state index contributed by atoms with van der Waals surface area (Å²) in [6, 6.07) is 8.06. The summed E-state index contributed by atoms with van der Waals surface area (Å²) in [5.74, 6) is 0.230. The molecule has 1 aliphatic heterocycles. The number of anilines is 1. The molecule has 0 radical (unpaired) electrons. The fraction of sp³-hybridized carbons (Fsp3) is 0.353. The van der Waals surface area contributed by atoms with Crippen molar-refractivity contribution in [2.75, 3.05) is 11.4 Å². The molecule has 26 heavy (non-hydrogen) atoms. The number of sulfone groups is 1. The van der Waals surface area contributed by atoms with E-state index in [4.69, 9.17) is 4.52 Å². The molecule has 8 nitrogen and oxygen atoms in total. The Labute approximate surface area is 151 Å². The Morgan fingerprint density at radius 1 is 1.23 bits per heavy atom. The number of aromatic nitrogens is 1. The second-order valence-corrected chi connectivity index (χ2v) is 7.79. The van der Waals surface area contributed by atoms with Gasteiger partial charge in [-0.15, -0.1) is 10.2 Å². The van der Waals surface area contributed by atoms with Gasteiger partial charge >= 0.3 is 0 Å². The summed E-state index contributed by atoms with van der Waals surface area (Å²) in [6.45, 7) is 4.24. The summed E-state index contributed by atoms with van der Waals surface area (Å²) in [6.07, 6.45) is 2.78. The summed E-state index contributed by atoms with van der Waals surface area (Å²) < 4.78 is 30.6. The van der Waals surface area contributed by atoms with Gasteiger partial charge in [-0.05, 0) is 25.5 Å². The Kier molecular flexibility index (Phi) is 5.08. The maximum atomic E-state index is 12.9. The van der Waals surface area contributed by atoms with Gasteiger partial charge in [-0.25, -0.2) is 8.42 Å². The van der Waals surface area contributed by atoms with Gasteiger partial charge in [-0.3, -0.25) is 0 Å². The van der Waals surface area contributed by atoms with Gasteiger partial charge in [0.1, 0.15) is 5.76 Å². The number of rotatable bonds is 6. The van der Waals surface area contributed by atoms with E-state index in [0.29, 0.717) is 18.0 Å². The van der Waals surface area contributed by atoms with Crippen molar-refractivity contribution in [3.8, 4) is 0 Å². The van der Waals surface area contributed by atoms with Crippen LogP contribution in [0.4, 0.5) is 11.5 Å². The Balaban J connectivity index is 2.05. The van der Waals surface area contributed by atoms with Gasteiger partial charge in [0.2, 0.25) is 26.6 Å². The van der Waals surface area contributed by atoms with Gasteiger partial charge in [0.05, 0.1) is 10.6 Å². The number of benzene rings is 1. The molecule has 0 saturated carbocycles. The highest BCUT2D eigenvalue weighted by Gasteiger charge is 2.37. The van der Waals surface area contributed by atoms with Crippen molar-refractivity contribution in [3.63, 3.8) is 0 Å². The topological polar surface area (TPSA) is 108 Å². The van der Waals surface area contributed by atoms with Gasteiger partial charge < -0.3 is 14.5 Å². The quantitative estimate of drug-likeness (QED) is 0.597. The minimum absolute atomic E-state index is 0.0968. The summed E-state index contributed by atoms with van der Waals surface area (Å²) in [4.78, 5) is 1.66. The first-order valence-corrected chi connectivity index (χ1v) is 9.83. The molecule has 1 N–H and O–H groups in total. The number of aliphatic hydroxyl groups excluding tert-OH is 1. The number of unbranched alkanes of at least 4 members (excludes halogenated alkanes) is 2. The molecule has 3 rings (SSSR count). The van der Waals surface area contributed by atoms with Crippen LogP contribution in [0.3, 0.4) is 0 Å². The van der Waals surface area contributed by atoms with Crippen LogP contribution in [0.5, 0.6) is 0 Å². The minimum atomic E-state index is -3.99. The molecule has 1 aromatic carbocycles. The van der Waals surface area contributed by atoms with Crippen LogP contribution < -0.4 is 4.90 Å². The number of hydrogen-bond donors (Lipinski definition) is 1. The van der Waals surface area contributed by atoms with Crippen LogP contribution in [0.15, 0.2) is 60.9 Å². The number of fused-ring (bicyclic) bond motifs is 1. The normalized spacial score (nSPS) is 16.3. The lowest BCUT2D eigenvalue weighted by Gasteiger charge is -2.30. The molecule has 0 saturated heterocycles. The van der Waals surface area contributed by atoms with E-state index in [2.05, 4.69) is 22.3 Å². The Bertz CT molecular complexity index is 963. The molecule has 1 aromatic heterocycles. The van der Waals surface area contributed by atoms with Crippen LogP contribution in [-0.4, -0.2) is 25.2 Å². The SMILES string of the molecule is CCCCCN1C(O)=C(N=Nc2cc(C)on2)S(=O)(=O)c2ccccc21. The Morgan fingerprint density at radius 2 is 2.00 bits per heavy atom. The molecule has 0 atom stereocenters. The zero-order valence-corrected chi connectivity index (χ0v) is 15.4. The second-order valence-electron chi connectivity index (χ2n) is 5.95. The van der Waals surface area contributed by atoms with Crippen LogP contribution in [0, 0.1) is 6.92 Å². The average Bonchev–Trinajstić information content (AvgIpc) is 3.03. The smallest absolute Gasteiger partial charge is 0.242 e. The molecule has 2 aromatic rings. The van der Waals surface area contributed by atoms with E-state index in [9.17, 15) is 13.5 Å². The van der Waals surface area contributed by atoms with Crippen LogP contribution >= 0.6 is 0 Å². The summed E-state index contributed by atoms with van der Waals surface area (Å²) >= 11 is 0. The number of aliphatic hydroxyl groups is 1. The first-order chi connectivity index (χ1) is 12.4. The van der Waals surface area contributed by atoms with Crippen molar-refractivity contribution in [3.05, 3.63) is 47.0 Å². The molecule has 0 aliphatic carbocycles. The number of aryl methyl sites for hydroxylation is 1. The molecular formula is C17H20N4O4S. The van der Waals surface area contributed by atoms with Gasteiger partial charge in [0.25, 0.3) is 0 Å². The largest absolute Gasteiger partial charge is 0.492 e. The highest BCUT2D eigenvalue weighted by atomic mass is 32.2. The van der Waals surface area contributed by atoms with Crippen LogP contribution in [0.25, 0.3) is 0 Å². The summed E-state index contributed by atoms with van der Waals surface area (Å²) in [5.41, 5.74) is 0.442. The van der Waals surface area contributed by atoms with Crippen molar-refractivity contribution in [2.45, 2.75) is 38.0 Å². The lowest BCUT2D eigenvalue weighted by atomic mass is 10.2. The molecule has 0 unspecified atom stereocenters. The summed E-state index contributed by atoms with van der Waals surface area (Å²) in [7, 11) is -3.99. The Hall–Kier alpha value is -2.68. The van der Waals surface area contributed by atoms with Crippen molar-refractivity contribution < 1.29 is 18.0 Å². The van der Waals surface area contributed by atoms with Gasteiger partial charge in [-0.2, -0.15) is 0 Å². The number of nitrogens with zero attached hydrogens (tertiary/aromatic N) is 4. The van der Waals surface area contributed by atoms with E-state index in [1.165, 1.54) is 12.1 Å². The van der Waals surface area contributed by atoms with Crippen molar-refractivity contribution in [1.29, 1.82) is 0 Å². The molecule has 0 amide bonds. The first-order valence-electron chi connectivity index (χ1n) is 8.35. The van der Waals surface area contributed by atoms with Crippen LogP contribution in [0.2, 0.25) is 0 Å². The van der Waals surface area contributed by atoms with Crippen molar-refractivity contribution in [1.82, 2.24) is 5.16 Å². The van der Waals surface area contributed by atoms with Gasteiger partial charge in [0, 0.05) is 12.6 Å². The first kappa shape index (κ1) is 18.1. The molecule has 0 fully saturated rings. The molecular weight excluding hydrogens is 356 g/mol. The third kappa shape index (κ3) is 3.34. The lowest BCUT2D eigenvalue weighted by molar-refractivity contribution is 0.379. The molecule has 9 heteroatoms. The standard InChI is InChI=1S/C17H20N4O4S/c1-3-4-7-10-21-13-8-5-6-9-14(13)26(23,24)16(17(21)22)19-18-15-11-12(2)25-20-15/h5-6,8-9,11,22H,3-4,7,10H2,1-2H3. The molecule has 2 heterocycles. The third-order valence-electron chi connectivity index (χ3n) is 3.99. The molecule has 1 aliphatic rings. The highest BCUT2D eigenvalue weighted by Crippen LogP contribution is 2.39. The average molecular weight is 376 g/mol. The van der Waals surface area contributed by atoms with Gasteiger partial charge in [0.15, 0.2) is 0 Å². The van der Waals surface area contributed by atoms with Crippen molar-refractivity contribution in [2.24, 2.45) is 10.2 Å². The highest BCUT2D eigenvalue weighted by molar-refractivity contribution is 7.95. The molecule has 0 spiro atoms. The van der Waals surface area contributed by atoms with Crippen LogP contribution in [0.1, 0.15) is 31.9 Å². The lowest BCUT2D eigenvalue weighted by Crippen LogP contribution is -2.31.